The molecule has 4 rings (SSSR count). The van der Waals surface area contributed by atoms with Gasteiger partial charge in [-0.05, 0) is 38.0 Å². The molecule has 3 aliphatic heterocycles. The number of rotatable bonds is 4. The van der Waals surface area contributed by atoms with Gasteiger partial charge in [-0.1, -0.05) is 11.6 Å². The Labute approximate surface area is 176 Å². The van der Waals surface area contributed by atoms with Crippen molar-refractivity contribution >= 4 is 11.6 Å². The molecule has 4 aliphatic rings. The van der Waals surface area contributed by atoms with Crippen molar-refractivity contribution in [3.05, 3.63) is 11.6 Å². The largest absolute Gasteiger partial charge is 0.393 e. The van der Waals surface area contributed by atoms with Crippen molar-refractivity contribution in [3.63, 3.8) is 0 Å². The van der Waals surface area contributed by atoms with Gasteiger partial charge in [0.15, 0.2) is 0 Å². The Morgan fingerprint density at radius 1 is 1.24 bits per heavy atom. The van der Waals surface area contributed by atoms with Gasteiger partial charge in [0.1, 0.15) is 0 Å². The number of hydrogen-bond donors (Lipinski definition) is 4. The predicted octanol–water partition coefficient (Wildman–Crippen LogP) is 1.99. The number of nitrogens with zero attached hydrogens (tertiary/aromatic N) is 1. The van der Waals surface area contributed by atoms with Crippen LogP contribution in [0, 0.1) is 17.8 Å². The number of halogens is 4. The summed E-state index contributed by atoms with van der Waals surface area (Å²) >= 11 is 6.05. The van der Waals surface area contributed by atoms with Crippen LogP contribution in [-0.2, 0) is 0 Å². The molecule has 0 aromatic heterocycles. The molecule has 0 bridgehead atoms. The van der Waals surface area contributed by atoms with Gasteiger partial charge in [0, 0.05) is 50.1 Å². The van der Waals surface area contributed by atoms with Crippen LogP contribution in [0.2, 0.25) is 0 Å². The fraction of sp³-hybridized carbons (Fsp3) is 0.900. The van der Waals surface area contributed by atoms with Crippen molar-refractivity contribution in [2.75, 3.05) is 32.7 Å². The van der Waals surface area contributed by atoms with Crippen molar-refractivity contribution in [1.82, 2.24) is 20.9 Å². The van der Waals surface area contributed by atoms with E-state index in [-0.39, 0.29) is 24.7 Å². The molecule has 7 atom stereocenters. The van der Waals surface area contributed by atoms with Crippen LogP contribution in [0.25, 0.3) is 0 Å². The molecule has 2 saturated heterocycles. The van der Waals surface area contributed by atoms with Crippen LogP contribution in [0.5, 0.6) is 0 Å². The number of nitrogens with one attached hydrogen (secondary N) is 3. The topological polar surface area (TPSA) is 65.3 Å². The molecule has 5 nitrogen and oxygen atoms in total. The van der Waals surface area contributed by atoms with E-state index in [4.69, 9.17) is 17.3 Å². The maximum absolute atomic E-state index is 13.5. The van der Waals surface area contributed by atoms with E-state index < -0.39 is 17.5 Å². The van der Waals surface area contributed by atoms with Crippen molar-refractivity contribution in [3.8, 4) is 0 Å². The molecule has 0 aromatic carbocycles. The molecule has 3 heterocycles. The summed E-state index contributed by atoms with van der Waals surface area (Å²) < 4.78 is 40.4. The molecule has 0 amide bonds. The lowest BCUT2D eigenvalue weighted by atomic mass is 9.78. The molecule has 29 heavy (non-hydrogen) atoms. The summed E-state index contributed by atoms with van der Waals surface area (Å²) in [6.45, 7) is 4.15. The van der Waals surface area contributed by atoms with Crippen LogP contribution < -0.4 is 21.7 Å². The lowest BCUT2D eigenvalue weighted by Crippen LogP contribution is -2.68. The quantitative estimate of drug-likeness (QED) is 0.402. The second kappa shape index (κ2) is 9.01. The summed E-state index contributed by atoms with van der Waals surface area (Å²) in [6, 6.07) is 0.338. The summed E-state index contributed by atoms with van der Waals surface area (Å²) in [6.07, 6.45) is 1.43. The van der Waals surface area contributed by atoms with E-state index in [1.165, 1.54) is 5.57 Å². The van der Waals surface area contributed by atoms with Crippen molar-refractivity contribution in [2.45, 2.75) is 62.0 Å². The third kappa shape index (κ3) is 4.62. The van der Waals surface area contributed by atoms with Crippen LogP contribution in [0.1, 0.15) is 32.1 Å². The highest BCUT2D eigenvalue weighted by molar-refractivity contribution is 6.20. The zero-order valence-electron chi connectivity index (χ0n) is 16.7. The fourth-order valence-electron chi connectivity index (χ4n) is 5.75. The minimum absolute atomic E-state index is 0.0744. The Hall–Kier alpha value is -0.380. The molecule has 166 valence electrons. The Morgan fingerprint density at radius 2 is 2.07 bits per heavy atom. The number of likely N-dealkylation sites (tertiary alicyclic amines) is 1. The molecular formula is C20H33ClF3N5. The van der Waals surface area contributed by atoms with E-state index in [1.807, 2.05) is 0 Å². The van der Waals surface area contributed by atoms with Crippen molar-refractivity contribution in [1.29, 1.82) is 0 Å². The van der Waals surface area contributed by atoms with Crippen LogP contribution in [-0.4, -0.2) is 67.6 Å². The molecule has 6 unspecified atom stereocenters. The summed E-state index contributed by atoms with van der Waals surface area (Å²) in [5, 5.41) is 9.83. The van der Waals surface area contributed by atoms with E-state index >= 15 is 0 Å². The maximum atomic E-state index is 13.5. The number of alkyl halides is 4. The van der Waals surface area contributed by atoms with Gasteiger partial charge >= 0.3 is 6.18 Å². The first-order chi connectivity index (χ1) is 13.9. The number of hydrogen-bond acceptors (Lipinski definition) is 5. The van der Waals surface area contributed by atoms with Crippen molar-refractivity contribution < 1.29 is 13.2 Å². The predicted molar refractivity (Wildman–Crippen MR) is 108 cm³/mol. The monoisotopic (exact) mass is 435 g/mol. The smallest absolute Gasteiger partial charge is 0.329 e. The molecule has 0 spiro atoms. The zero-order valence-corrected chi connectivity index (χ0v) is 17.5. The maximum Gasteiger partial charge on any atom is 0.393 e. The van der Waals surface area contributed by atoms with Gasteiger partial charge in [-0.2, -0.15) is 13.2 Å². The molecule has 1 aliphatic carbocycles. The molecule has 0 aromatic rings. The van der Waals surface area contributed by atoms with Gasteiger partial charge in [0.2, 0.25) is 0 Å². The van der Waals surface area contributed by atoms with E-state index in [0.717, 1.165) is 39.0 Å². The van der Waals surface area contributed by atoms with Crippen LogP contribution in [0.3, 0.4) is 0 Å². The SMILES string of the molecule is NC[C@H]1CCCN1C1NC(C2CCC(Cl)C(C(F)(F)F)C2)NCC1C1=CCNC1. The number of nitrogens with two attached hydrogens (primary N) is 1. The second-order valence-corrected chi connectivity index (χ2v) is 9.58. The summed E-state index contributed by atoms with van der Waals surface area (Å²) in [4.78, 5) is 2.46. The Balaban J connectivity index is 1.50. The van der Waals surface area contributed by atoms with Gasteiger partial charge in [0.25, 0.3) is 0 Å². The fourth-order valence-corrected chi connectivity index (χ4v) is 6.12. The first kappa shape index (κ1) is 21.8. The van der Waals surface area contributed by atoms with Crippen LogP contribution in [0.15, 0.2) is 11.6 Å². The first-order valence-corrected chi connectivity index (χ1v) is 11.4. The third-order valence-corrected chi connectivity index (χ3v) is 7.88. The van der Waals surface area contributed by atoms with E-state index in [1.54, 1.807) is 0 Å². The van der Waals surface area contributed by atoms with E-state index in [2.05, 4.69) is 26.9 Å². The molecule has 5 N–H and O–H groups in total. The summed E-state index contributed by atoms with van der Waals surface area (Å²) in [7, 11) is 0. The van der Waals surface area contributed by atoms with E-state index in [0.29, 0.717) is 31.3 Å². The van der Waals surface area contributed by atoms with Gasteiger partial charge in [-0.25, -0.2) is 0 Å². The average Bonchev–Trinajstić information content (AvgIpc) is 3.38. The van der Waals surface area contributed by atoms with Crippen LogP contribution in [0.4, 0.5) is 13.2 Å². The molecular weight excluding hydrogens is 403 g/mol. The second-order valence-electron chi connectivity index (χ2n) is 9.02. The highest BCUT2D eigenvalue weighted by Crippen LogP contribution is 2.44. The summed E-state index contributed by atoms with van der Waals surface area (Å²) in [5.74, 6) is -1.20. The molecule has 3 fully saturated rings. The highest BCUT2D eigenvalue weighted by Gasteiger charge is 2.50. The lowest BCUT2D eigenvalue weighted by Gasteiger charge is -2.48. The molecule has 0 radical (unpaired) electrons. The Morgan fingerprint density at radius 3 is 2.76 bits per heavy atom. The Kier molecular flexibility index (Phi) is 6.78. The minimum Gasteiger partial charge on any atom is -0.329 e. The standard InChI is InChI=1S/C20H33ClF3N5/c21-17-4-3-12(8-16(17)20(22,23)24)18-27-11-15(13-5-6-26-10-13)19(28-18)29-7-1-2-14(29)9-25/h5,12,14-19,26-28H,1-4,6-11,25H2/t12?,14-,15?,16?,17?,18?,19?/m1/s1. The lowest BCUT2D eigenvalue weighted by molar-refractivity contribution is -0.186. The third-order valence-electron chi connectivity index (χ3n) is 7.35. The van der Waals surface area contributed by atoms with Gasteiger partial charge in [0.05, 0.1) is 18.2 Å². The molecule has 1 saturated carbocycles. The Bertz CT molecular complexity index is 601. The van der Waals surface area contributed by atoms with Gasteiger partial charge in [-0.3, -0.25) is 10.2 Å². The molecule has 9 heteroatoms. The van der Waals surface area contributed by atoms with E-state index in [9.17, 15) is 13.2 Å². The summed E-state index contributed by atoms with van der Waals surface area (Å²) in [5.41, 5.74) is 7.42. The average molecular weight is 436 g/mol. The van der Waals surface area contributed by atoms with Crippen molar-refractivity contribution in [2.24, 2.45) is 23.5 Å². The first-order valence-electron chi connectivity index (χ1n) is 10.9. The van der Waals surface area contributed by atoms with Gasteiger partial charge in [-0.15, -0.1) is 11.6 Å². The zero-order chi connectivity index (χ0) is 20.6. The van der Waals surface area contributed by atoms with Crippen LogP contribution >= 0.6 is 11.6 Å². The normalized spacial score (nSPS) is 42.2. The highest BCUT2D eigenvalue weighted by atomic mass is 35.5. The van der Waals surface area contributed by atoms with Gasteiger partial charge < -0.3 is 16.4 Å². The minimum atomic E-state index is -4.23.